The summed E-state index contributed by atoms with van der Waals surface area (Å²) in [7, 11) is 0. The zero-order chi connectivity index (χ0) is 15.8. The van der Waals surface area contributed by atoms with Crippen molar-refractivity contribution in [3.05, 3.63) is 12.2 Å². The van der Waals surface area contributed by atoms with Crippen molar-refractivity contribution in [1.82, 2.24) is 0 Å². The molecule has 0 aromatic rings. The van der Waals surface area contributed by atoms with Gasteiger partial charge in [-0.2, -0.15) is 0 Å². The molecule has 3 heteroatoms. The molecule has 4 aliphatic heterocycles. The van der Waals surface area contributed by atoms with Gasteiger partial charge in [0.1, 0.15) is 0 Å². The van der Waals surface area contributed by atoms with Crippen molar-refractivity contribution in [3.63, 3.8) is 0 Å². The van der Waals surface area contributed by atoms with Crippen LogP contribution in [0.5, 0.6) is 0 Å². The minimum atomic E-state index is -0.357. The molecule has 23 heavy (non-hydrogen) atoms. The van der Waals surface area contributed by atoms with Crippen LogP contribution in [0.4, 0.5) is 0 Å². The smallest absolute Gasteiger partial charge is 0.164 e. The highest BCUT2D eigenvalue weighted by Crippen LogP contribution is 2.78. The van der Waals surface area contributed by atoms with Gasteiger partial charge in [0.25, 0.3) is 0 Å². The van der Waals surface area contributed by atoms with E-state index in [-0.39, 0.29) is 34.7 Å². The molecular formula is C20H28O3. The first-order chi connectivity index (χ1) is 10.9. The summed E-state index contributed by atoms with van der Waals surface area (Å²) < 4.78 is 13.0. The Morgan fingerprint density at radius 3 is 2.65 bits per heavy atom. The van der Waals surface area contributed by atoms with Crippen LogP contribution in [0.3, 0.4) is 0 Å². The van der Waals surface area contributed by atoms with Crippen LogP contribution in [-0.4, -0.2) is 29.7 Å². The first-order valence-electron chi connectivity index (χ1n) is 9.60. The van der Waals surface area contributed by atoms with Gasteiger partial charge in [0, 0.05) is 10.8 Å². The van der Waals surface area contributed by atoms with E-state index in [1.54, 1.807) is 0 Å². The molecule has 1 unspecified atom stereocenters. The quantitative estimate of drug-likeness (QED) is 0.697. The van der Waals surface area contributed by atoms with Crippen molar-refractivity contribution in [3.8, 4) is 0 Å². The summed E-state index contributed by atoms with van der Waals surface area (Å²) in [5, 5.41) is 11.2. The van der Waals surface area contributed by atoms with Gasteiger partial charge in [-0.05, 0) is 67.3 Å². The van der Waals surface area contributed by atoms with Gasteiger partial charge in [0.15, 0.2) is 6.29 Å². The summed E-state index contributed by atoms with van der Waals surface area (Å²) in [6.45, 7) is 9.11. The highest BCUT2D eigenvalue weighted by atomic mass is 16.7. The fourth-order valence-electron chi connectivity index (χ4n) is 8.47. The van der Waals surface area contributed by atoms with E-state index < -0.39 is 0 Å². The molecule has 8 fully saturated rings. The Morgan fingerprint density at radius 2 is 1.83 bits per heavy atom. The van der Waals surface area contributed by atoms with Crippen LogP contribution in [-0.2, 0) is 9.47 Å². The maximum Gasteiger partial charge on any atom is 0.164 e. The Bertz CT molecular complexity index is 612. The highest BCUT2D eigenvalue weighted by Gasteiger charge is 2.79. The van der Waals surface area contributed by atoms with Crippen LogP contribution in [0, 0.1) is 34.0 Å². The van der Waals surface area contributed by atoms with Crippen molar-refractivity contribution >= 4 is 0 Å². The molecule has 4 saturated carbocycles. The standard InChI is InChI=1S/C20H28O3/c1-10-11-4-5-12-19-7-6-14-18(2,3)13(19)8-15(23-17(19)22-14)20(12,9-11)16(10)21/h11-17,21H,1,4-9H2,2-3H3/t11-,12+,13-,14-,15-,16-,17?,19-,20-/m1/s1. The molecule has 0 radical (unpaired) electrons. The lowest BCUT2D eigenvalue weighted by Gasteiger charge is -2.76. The molecule has 7 bridgehead atoms. The van der Waals surface area contributed by atoms with Gasteiger partial charge in [-0.25, -0.2) is 0 Å². The fraction of sp³-hybridized carbons (Fsp3) is 0.900. The van der Waals surface area contributed by atoms with Crippen LogP contribution in [0.15, 0.2) is 12.2 Å². The Hall–Kier alpha value is -0.380. The number of rotatable bonds is 0. The van der Waals surface area contributed by atoms with E-state index in [1.165, 1.54) is 25.7 Å². The van der Waals surface area contributed by atoms with E-state index in [4.69, 9.17) is 9.47 Å². The van der Waals surface area contributed by atoms with E-state index in [0.717, 1.165) is 18.4 Å². The summed E-state index contributed by atoms with van der Waals surface area (Å²) in [6, 6.07) is 0. The summed E-state index contributed by atoms with van der Waals surface area (Å²) in [4.78, 5) is 0. The second kappa shape index (κ2) is 3.73. The second-order valence-electron chi connectivity index (χ2n) is 9.96. The van der Waals surface area contributed by atoms with E-state index >= 15 is 0 Å². The molecule has 0 aromatic carbocycles. The molecule has 0 amide bonds. The van der Waals surface area contributed by atoms with Gasteiger partial charge < -0.3 is 14.6 Å². The van der Waals surface area contributed by atoms with Crippen molar-refractivity contribution in [1.29, 1.82) is 0 Å². The van der Waals surface area contributed by atoms with Crippen molar-refractivity contribution in [2.24, 2.45) is 34.0 Å². The predicted molar refractivity (Wildman–Crippen MR) is 85.5 cm³/mol. The molecule has 4 saturated heterocycles. The van der Waals surface area contributed by atoms with E-state index in [2.05, 4.69) is 20.4 Å². The maximum atomic E-state index is 11.2. The number of fused-ring (bicyclic) bond motifs is 2. The number of hydrogen-bond donors (Lipinski definition) is 1. The molecule has 4 heterocycles. The topological polar surface area (TPSA) is 38.7 Å². The normalized spacial score (nSPS) is 64.1. The lowest BCUT2D eigenvalue weighted by atomic mass is 9.36. The van der Waals surface area contributed by atoms with Crippen LogP contribution >= 0.6 is 0 Å². The van der Waals surface area contributed by atoms with Crippen molar-refractivity contribution < 1.29 is 14.6 Å². The fourth-order valence-corrected chi connectivity index (χ4v) is 8.47. The lowest BCUT2D eigenvalue weighted by Crippen LogP contribution is -2.79. The van der Waals surface area contributed by atoms with Crippen LogP contribution in [0.25, 0.3) is 0 Å². The molecule has 1 N–H and O–H groups in total. The summed E-state index contributed by atoms with van der Waals surface area (Å²) >= 11 is 0. The van der Waals surface area contributed by atoms with E-state index in [1.807, 2.05) is 0 Å². The number of aliphatic hydroxyl groups excluding tert-OH is 1. The number of aliphatic hydroxyl groups is 1. The van der Waals surface area contributed by atoms with Gasteiger partial charge in [0.05, 0.1) is 18.3 Å². The average molecular weight is 316 g/mol. The van der Waals surface area contributed by atoms with Crippen molar-refractivity contribution in [2.75, 3.05) is 0 Å². The van der Waals surface area contributed by atoms with Gasteiger partial charge in [-0.3, -0.25) is 0 Å². The summed E-state index contributed by atoms with van der Waals surface area (Å²) in [5.41, 5.74) is 1.43. The minimum Gasteiger partial charge on any atom is -0.388 e. The number of ether oxygens (including phenoxy) is 2. The van der Waals surface area contributed by atoms with Crippen LogP contribution < -0.4 is 0 Å². The monoisotopic (exact) mass is 316 g/mol. The molecule has 3 nitrogen and oxygen atoms in total. The van der Waals surface area contributed by atoms with Crippen LogP contribution in [0.2, 0.25) is 0 Å². The van der Waals surface area contributed by atoms with Gasteiger partial charge >= 0.3 is 0 Å². The zero-order valence-corrected chi connectivity index (χ0v) is 14.3. The van der Waals surface area contributed by atoms with Gasteiger partial charge in [-0.1, -0.05) is 20.4 Å². The summed E-state index contributed by atoms with van der Waals surface area (Å²) in [5.74, 6) is 1.77. The third-order valence-electron chi connectivity index (χ3n) is 9.37. The van der Waals surface area contributed by atoms with E-state index in [9.17, 15) is 5.11 Å². The first-order valence-corrected chi connectivity index (χ1v) is 9.60. The molecule has 8 aliphatic rings. The largest absolute Gasteiger partial charge is 0.388 e. The Morgan fingerprint density at radius 1 is 1.04 bits per heavy atom. The lowest BCUT2D eigenvalue weighted by molar-refractivity contribution is -0.452. The molecule has 0 aromatic heterocycles. The molecule has 2 spiro atoms. The maximum absolute atomic E-state index is 11.2. The van der Waals surface area contributed by atoms with Gasteiger partial charge in [0.2, 0.25) is 0 Å². The van der Waals surface area contributed by atoms with Crippen LogP contribution in [0.1, 0.15) is 52.4 Å². The molecule has 126 valence electrons. The third kappa shape index (κ3) is 1.19. The Balaban J connectivity index is 1.57. The second-order valence-corrected chi connectivity index (χ2v) is 9.96. The van der Waals surface area contributed by atoms with Crippen molar-refractivity contribution in [2.45, 2.75) is 77.0 Å². The Labute approximate surface area is 138 Å². The van der Waals surface area contributed by atoms with Gasteiger partial charge in [-0.15, -0.1) is 0 Å². The molecule has 8 rings (SSSR count). The molecule has 4 aliphatic carbocycles. The highest BCUT2D eigenvalue weighted by molar-refractivity contribution is 5.32. The predicted octanol–water partition coefficient (Wildman–Crippen LogP) is 3.27. The minimum absolute atomic E-state index is 0.00809. The van der Waals surface area contributed by atoms with E-state index in [0.29, 0.717) is 23.9 Å². The SMILES string of the molecule is C=C1[C@@H]2CC[C@H]3[C@@]45CC[C@H]6OC4O[C@H](C[C@@H]5C6(C)C)[C@]3(C2)[C@@H]1O. The molecular weight excluding hydrogens is 288 g/mol. The zero-order valence-electron chi connectivity index (χ0n) is 14.3. The Kier molecular flexibility index (Phi) is 2.25. The molecule has 9 atom stereocenters. The first kappa shape index (κ1) is 13.9. The average Bonchev–Trinajstić information content (AvgIpc) is 2.73. The number of hydrogen-bond acceptors (Lipinski definition) is 3. The summed E-state index contributed by atoms with van der Waals surface area (Å²) in [6.07, 6.45) is 7.23. The third-order valence-corrected chi connectivity index (χ3v) is 9.37.